The van der Waals surface area contributed by atoms with Crippen molar-refractivity contribution in [2.75, 3.05) is 12.4 Å². The van der Waals surface area contributed by atoms with Crippen LogP contribution in [0.5, 0.6) is 5.75 Å². The van der Waals surface area contributed by atoms with Crippen LogP contribution in [0.25, 0.3) is 0 Å². The van der Waals surface area contributed by atoms with Crippen LogP contribution in [0.4, 0.5) is 5.69 Å². The molecule has 0 aliphatic carbocycles. The van der Waals surface area contributed by atoms with Crippen LogP contribution in [0, 0.1) is 6.92 Å². The Morgan fingerprint density at radius 3 is 2.76 bits per heavy atom. The van der Waals surface area contributed by atoms with Crippen molar-refractivity contribution >= 4 is 28.9 Å². The molecule has 21 heavy (non-hydrogen) atoms. The molecular formula is C14H14N2O4S. The molecule has 110 valence electrons. The third kappa shape index (κ3) is 3.79. The van der Waals surface area contributed by atoms with Gasteiger partial charge in [-0.25, -0.2) is 9.78 Å². The molecule has 0 atom stereocenters. The number of thiazole rings is 1. The monoisotopic (exact) mass is 306 g/mol. The van der Waals surface area contributed by atoms with E-state index in [0.717, 1.165) is 5.01 Å². The van der Waals surface area contributed by atoms with E-state index >= 15 is 0 Å². The standard InChI is InChI=1S/C14H14N2O4S/c1-8-15-10(7-21-8)6-13(17)16-11-5-9(14(18)19)3-4-12(11)20-2/h3-5,7H,6H2,1-2H3,(H,16,17)(H,18,19). The topological polar surface area (TPSA) is 88.5 Å². The van der Waals surface area contributed by atoms with E-state index in [1.54, 1.807) is 0 Å². The number of amides is 1. The zero-order chi connectivity index (χ0) is 15.4. The highest BCUT2D eigenvalue weighted by atomic mass is 32.1. The predicted molar refractivity (Wildman–Crippen MR) is 79.1 cm³/mol. The van der Waals surface area contributed by atoms with Crippen molar-refractivity contribution in [3.05, 3.63) is 39.8 Å². The fourth-order valence-electron chi connectivity index (χ4n) is 1.79. The number of hydrogen-bond acceptors (Lipinski definition) is 5. The highest BCUT2D eigenvalue weighted by Crippen LogP contribution is 2.25. The number of nitrogens with zero attached hydrogens (tertiary/aromatic N) is 1. The maximum atomic E-state index is 12.0. The highest BCUT2D eigenvalue weighted by Gasteiger charge is 2.13. The van der Waals surface area contributed by atoms with Gasteiger partial charge in [-0.15, -0.1) is 11.3 Å². The second-order valence-corrected chi connectivity index (χ2v) is 5.37. The summed E-state index contributed by atoms with van der Waals surface area (Å²) in [5, 5.41) is 14.3. The molecule has 1 amide bonds. The van der Waals surface area contributed by atoms with Gasteiger partial charge in [0.25, 0.3) is 0 Å². The number of methoxy groups -OCH3 is 1. The smallest absolute Gasteiger partial charge is 0.335 e. The summed E-state index contributed by atoms with van der Waals surface area (Å²) in [6.07, 6.45) is 0.130. The molecule has 0 fully saturated rings. The third-order valence-corrected chi connectivity index (χ3v) is 3.55. The van der Waals surface area contributed by atoms with Gasteiger partial charge in [-0.2, -0.15) is 0 Å². The van der Waals surface area contributed by atoms with Crippen molar-refractivity contribution in [3.8, 4) is 5.75 Å². The molecule has 0 aliphatic heterocycles. The maximum absolute atomic E-state index is 12.0. The summed E-state index contributed by atoms with van der Waals surface area (Å²) in [5.41, 5.74) is 1.09. The summed E-state index contributed by atoms with van der Waals surface area (Å²) in [5.74, 6) is -0.938. The van der Waals surface area contributed by atoms with Crippen LogP contribution in [0.1, 0.15) is 21.1 Å². The number of aromatic nitrogens is 1. The van der Waals surface area contributed by atoms with Crippen LogP contribution in [-0.2, 0) is 11.2 Å². The number of aryl methyl sites for hydroxylation is 1. The Kier molecular flexibility index (Phi) is 4.54. The van der Waals surface area contributed by atoms with E-state index in [1.165, 1.54) is 36.6 Å². The summed E-state index contributed by atoms with van der Waals surface area (Å²) < 4.78 is 5.11. The minimum absolute atomic E-state index is 0.0793. The molecule has 0 aliphatic rings. The average molecular weight is 306 g/mol. The maximum Gasteiger partial charge on any atom is 0.335 e. The van der Waals surface area contributed by atoms with Crippen LogP contribution < -0.4 is 10.1 Å². The number of benzene rings is 1. The molecule has 1 heterocycles. The van der Waals surface area contributed by atoms with E-state index in [4.69, 9.17) is 9.84 Å². The molecule has 0 unspecified atom stereocenters. The SMILES string of the molecule is COc1ccc(C(=O)O)cc1NC(=O)Cc1csc(C)n1. The molecule has 1 aromatic heterocycles. The van der Waals surface area contributed by atoms with Gasteiger partial charge in [0.15, 0.2) is 0 Å². The fraction of sp³-hybridized carbons (Fsp3) is 0.214. The second kappa shape index (κ2) is 6.36. The number of carbonyl (C=O) groups excluding carboxylic acids is 1. The number of ether oxygens (including phenoxy) is 1. The van der Waals surface area contributed by atoms with Gasteiger partial charge in [0.1, 0.15) is 5.75 Å². The van der Waals surface area contributed by atoms with Crippen molar-refractivity contribution in [1.29, 1.82) is 0 Å². The zero-order valence-electron chi connectivity index (χ0n) is 11.5. The minimum Gasteiger partial charge on any atom is -0.495 e. The summed E-state index contributed by atoms with van der Waals surface area (Å²) in [6, 6.07) is 4.29. The predicted octanol–water partition coefficient (Wildman–Crippen LogP) is 2.34. The van der Waals surface area contributed by atoms with E-state index in [2.05, 4.69) is 10.3 Å². The normalized spacial score (nSPS) is 10.2. The molecule has 7 heteroatoms. The third-order valence-electron chi connectivity index (χ3n) is 2.73. The van der Waals surface area contributed by atoms with E-state index in [-0.39, 0.29) is 17.9 Å². The first-order valence-electron chi connectivity index (χ1n) is 6.12. The molecule has 2 aromatic rings. The van der Waals surface area contributed by atoms with Crippen molar-refractivity contribution < 1.29 is 19.4 Å². The van der Waals surface area contributed by atoms with Crippen molar-refractivity contribution in [3.63, 3.8) is 0 Å². The summed E-state index contributed by atoms with van der Waals surface area (Å²) in [4.78, 5) is 27.2. The first-order chi connectivity index (χ1) is 9.99. The Balaban J connectivity index is 2.15. The molecular weight excluding hydrogens is 292 g/mol. The number of rotatable bonds is 5. The van der Waals surface area contributed by atoms with Crippen molar-refractivity contribution in [2.24, 2.45) is 0 Å². The molecule has 2 N–H and O–H groups in total. The summed E-state index contributed by atoms with van der Waals surface area (Å²) in [7, 11) is 1.45. The lowest BCUT2D eigenvalue weighted by molar-refractivity contribution is -0.115. The van der Waals surface area contributed by atoms with E-state index in [0.29, 0.717) is 17.1 Å². The highest BCUT2D eigenvalue weighted by molar-refractivity contribution is 7.09. The lowest BCUT2D eigenvalue weighted by atomic mass is 10.2. The van der Waals surface area contributed by atoms with Gasteiger partial charge in [0.2, 0.25) is 5.91 Å². The van der Waals surface area contributed by atoms with E-state index in [9.17, 15) is 9.59 Å². The molecule has 0 spiro atoms. The van der Waals surface area contributed by atoms with Gasteiger partial charge in [-0.1, -0.05) is 0 Å². The fourth-order valence-corrected chi connectivity index (χ4v) is 2.40. The number of carboxylic acids is 1. The van der Waals surface area contributed by atoms with Gasteiger partial charge in [-0.05, 0) is 25.1 Å². The van der Waals surface area contributed by atoms with Gasteiger partial charge in [0.05, 0.1) is 35.5 Å². The summed E-state index contributed by atoms with van der Waals surface area (Å²) >= 11 is 1.47. The molecule has 0 bridgehead atoms. The van der Waals surface area contributed by atoms with Crippen LogP contribution in [0.15, 0.2) is 23.6 Å². The number of nitrogens with one attached hydrogen (secondary N) is 1. The lowest BCUT2D eigenvalue weighted by Crippen LogP contribution is -2.15. The Hall–Kier alpha value is -2.41. The minimum atomic E-state index is -1.07. The average Bonchev–Trinajstić information content (AvgIpc) is 2.83. The number of hydrogen-bond donors (Lipinski definition) is 2. The van der Waals surface area contributed by atoms with E-state index < -0.39 is 5.97 Å². The van der Waals surface area contributed by atoms with Gasteiger partial charge in [-0.3, -0.25) is 4.79 Å². The zero-order valence-corrected chi connectivity index (χ0v) is 12.4. The second-order valence-electron chi connectivity index (χ2n) is 4.30. The van der Waals surface area contributed by atoms with E-state index in [1.807, 2.05) is 12.3 Å². The molecule has 0 saturated heterocycles. The molecule has 0 radical (unpaired) electrons. The van der Waals surface area contributed by atoms with Gasteiger partial charge >= 0.3 is 5.97 Å². The number of carbonyl (C=O) groups is 2. The lowest BCUT2D eigenvalue weighted by Gasteiger charge is -2.10. The van der Waals surface area contributed by atoms with Crippen molar-refractivity contribution in [2.45, 2.75) is 13.3 Å². The first-order valence-corrected chi connectivity index (χ1v) is 6.99. The first kappa shape index (κ1) is 15.0. The van der Waals surface area contributed by atoms with Crippen LogP contribution in [0.2, 0.25) is 0 Å². The number of anilines is 1. The molecule has 0 saturated carbocycles. The van der Waals surface area contributed by atoms with Crippen molar-refractivity contribution in [1.82, 2.24) is 4.98 Å². The van der Waals surface area contributed by atoms with Crippen LogP contribution >= 0.6 is 11.3 Å². The molecule has 2 rings (SSSR count). The van der Waals surface area contributed by atoms with Gasteiger partial charge < -0.3 is 15.2 Å². The van der Waals surface area contributed by atoms with Gasteiger partial charge in [0, 0.05) is 5.38 Å². The number of aromatic carboxylic acids is 1. The molecule has 6 nitrogen and oxygen atoms in total. The Morgan fingerprint density at radius 2 is 2.19 bits per heavy atom. The Bertz CT molecular complexity index is 681. The van der Waals surface area contributed by atoms with Crippen LogP contribution in [-0.4, -0.2) is 29.1 Å². The number of carboxylic acid groups (broad SMARTS) is 1. The largest absolute Gasteiger partial charge is 0.495 e. The molecule has 1 aromatic carbocycles. The summed E-state index contributed by atoms with van der Waals surface area (Å²) in [6.45, 7) is 1.87. The van der Waals surface area contributed by atoms with Crippen LogP contribution in [0.3, 0.4) is 0 Å². The Labute approximate surface area is 125 Å². The Morgan fingerprint density at radius 1 is 1.43 bits per heavy atom. The quantitative estimate of drug-likeness (QED) is 0.885.